The molecule has 3 rings (SSSR count). The molecular formula is C21H33N3O4S. The Bertz CT molecular complexity index is 809. The van der Waals surface area contributed by atoms with Gasteiger partial charge in [0.25, 0.3) is 5.91 Å². The molecule has 0 aromatic heterocycles. The summed E-state index contributed by atoms with van der Waals surface area (Å²) in [6, 6.07) is 5.13. The molecule has 0 aliphatic carbocycles. The van der Waals surface area contributed by atoms with Crippen molar-refractivity contribution in [2.75, 3.05) is 46.4 Å². The minimum Gasteiger partial charge on any atom is -0.496 e. The zero-order valence-corrected chi connectivity index (χ0v) is 18.6. The Morgan fingerprint density at radius 3 is 2.28 bits per heavy atom. The average molecular weight is 424 g/mol. The quantitative estimate of drug-likeness (QED) is 0.674. The zero-order chi connectivity index (χ0) is 21.0. The van der Waals surface area contributed by atoms with Crippen LogP contribution in [0.4, 0.5) is 0 Å². The van der Waals surface area contributed by atoms with Crippen molar-refractivity contribution in [1.82, 2.24) is 14.1 Å². The highest BCUT2D eigenvalue weighted by Crippen LogP contribution is 2.28. The molecule has 1 amide bonds. The monoisotopic (exact) mass is 423 g/mol. The summed E-state index contributed by atoms with van der Waals surface area (Å²) in [5.74, 6) is 0.258. The third kappa shape index (κ3) is 4.59. The van der Waals surface area contributed by atoms with Gasteiger partial charge in [0.2, 0.25) is 10.0 Å². The Morgan fingerprint density at radius 2 is 1.72 bits per heavy atom. The molecule has 1 aromatic rings. The molecule has 0 bridgehead atoms. The van der Waals surface area contributed by atoms with Gasteiger partial charge >= 0.3 is 0 Å². The average Bonchev–Trinajstić information content (AvgIpc) is 3.28. The van der Waals surface area contributed by atoms with Crippen LogP contribution in [-0.4, -0.2) is 80.9 Å². The standard InChI is InChI=1S/C21H33N3O4S/c1-4-24(5-2)29(26,27)18-8-9-20(28-3)19(16-18)21(25)23-14-10-17(11-15-23)22-12-6-7-13-22/h8-9,16-17H,4-7,10-15H2,1-3H3. The highest BCUT2D eigenvalue weighted by atomic mass is 32.2. The molecule has 0 N–H and O–H groups in total. The summed E-state index contributed by atoms with van der Waals surface area (Å²) in [7, 11) is -2.13. The highest BCUT2D eigenvalue weighted by Gasteiger charge is 2.31. The maximum atomic E-state index is 13.2. The minimum absolute atomic E-state index is 0.136. The van der Waals surface area contributed by atoms with Crippen LogP contribution in [0.15, 0.2) is 23.1 Å². The summed E-state index contributed by atoms with van der Waals surface area (Å²) in [6.07, 6.45) is 4.46. The number of carbonyl (C=O) groups excluding carboxylic acids is 1. The molecule has 1 aromatic carbocycles. The van der Waals surface area contributed by atoms with Crippen LogP contribution >= 0.6 is 0 Å². The number of hydrogen-bond donors (Lipinski definition) is 0. The van der Waals surface area contributed by atoms with E-state index < -0.39 is 10.0 Å². The number of piperidine rings is 1. The Labute approximate surface area is 174 Å². The second kappa shape index (κ2) is 9.45. The van der Waals surface area contributed by atoms with E-state index in [0.29, 0.717) is 43.5 Å². The molecule has 2 fully saturated rings. The molecule has 8 heteroatoms. The van der Waals surface area contributed by atoms with Crippen LogP contribution in [0.1, 0.15) is 49.9 Å². The van der Waals surface area contributed by atoms with Gasteiger partial charge in [-0.3, -0.25) is 4.79 Å². The van der Waals surface area contributed by atoms with E-state index in [2.05, 4.69) is 4.90 Å². The largest absolute Gasteiger partial charge is 0.496 e. The van der Waals surface area contributed by atoms with Gasteiger partial charge in [-0.15, -0.1) is 0 Å². The normalized spacial score (nSPS) is 19.1. The first-order chi connectivity index (χ1) is 13.9. The molecule has 0 unspecified atom stereocenters. The lowest BCUT2D eigenvalue weighted by molar-refractivity contribution is 0.0641. The molecule has 2 aliphatic heterocycles. The van der Waals surface area contributed by atoms with Crippen LogP contribution in [0.3, 0.4) is 0 Å². The fraction of sp³-hybridized carbons (Fsp3) is 0.667. The molecule has 2 heterocycles. The lowest BCUT2D eigenvalue weighted by Crippen LogP contribution is -2.46. The van der Waals surface area contributed by atoms with Crippen LogP contribution < -0.4 is 4.74 Å². The van der Waals surface area contributed by atoms with E-state index in [-0.39, 0.29) is 10.8 Å². The second-order valence-electron chi connectivity index (χ2n) is 7.72. The summed E-state index contributed by atoms with van der Waals surface area (Å²) in [5.41, 5.74) is 0.320. The first kappa shape index (κ1) is 22.1. The van der Waals surface area contributed by atoms with E-state index in [4.69, 9.17) is 4.74 Å². The zero-order valence-electron chi connectivity index (χ0n) is 17.8. The van der Waals surface area contributed by atoms with Gasteiger partial charge in [0.05, 0.1) is 17.6 Å². The lowest BCUT2D eigenvalue weighted by Gasteiger charge is -2.36. The SMILES string of the molecule is CCN(CC)S(=O)(=O)c1ccc(OC)c(C(=O)N2CCC(N3CCCC3)CC2)c1. The topological polar surface area (TPSA) is 70.2 Å². The Balaban J connectivity index is 1.79. The number of rotatable bonds is 7. The Morgan fingerprint density at radius 1 is 1.10 bits per heavy atom. The summed E-state index contributed by atoms with van der Waals surface area (Å²) >= 11 is 0. The van der Waals surface area contributed by atoms with Crippen molar-refractivity contribution in [3.63, 3.8) is 0 Å². The first-order valence-electron chi connectivity index (χ1n) is 10.6. The molecule has 2 saturated heterocycles. The fourth-order valence-electron chi connectivity index (χ4n) is 4.44. The summed E-state index contributed by atoms with van der Waals surface area (Å²) in [4.78, 5) is 17.7. The van der Waals surface area contributed by atoms with Crippen LogP contribution in [0, 0.1) is 0 Å². The molecule has 0 atom stereocenters. The molecule has 29 heavy (non-hydrogen) atoms. The number of carbonyl (C=O) groups is 1. The minimum atomic E-state index is -3.63. The van der Waals surface area contributed by atoms with Crippen molar-refractivity contribution in [3.8, 4) is 5.75 Å². The first-order valence-corrected chi connectivity index (χ1v) is 12.1. The van der Waals surface area contributed by atoms with Crippen molar-refractivity contribution < 1.29 is 17.9 Å². The number of amides is 1. The number of benzene rings is 1. The number of ether oxygens (including phenoxy) is 1. The van der Waals surface area contributed by atoms with E-state index in [1.165, 1.54) is 36.4 Å². The summed E-state index contributed by atoms with van der Waals surface area (Å²) < 4.78 is 32.5. The van der Waals surface area contributed by atoms with Gasteiger partial charge in [0.1, 0.15) is 5.75 Å². The maximum Gasteiger partial charge on any atom is 0.257 e. The number of hydrogen-bond acceptors (Lipinski definition) is 5. The predicted molar refractivity (Wildman–Crippen MR) is 113 cm³/mol. The van der Waals surface area contributed by atoms with Gasteiger partial charge in [-0.2, -0.15) is 4.31 Å². The molecule has 2 aliphatic rings. The predicted octanol–water partition coefficient (Wildman–Crippen LogP) is 2.43. The Hall–Kier alpha value is -1.64. The van der Waals surface area contributed by atoms with E-state index in [1.54, 1.807) is 19.9 Å². The third-order valence-electron chi connectivity index (χ3n) is 6.15. The number of nitrogens with zero attached hydrogens (tertiary/aromatic N) is 3. The smallest absolute Gasteiger partial charge is 0.257 e. The summed E-state index contributed by atoms with van der Waals surface area (Å²) in [6.45, 7) is 8.10. The van der Waals surface area contributed by atoms with E-state index >= 15 is 0 Å². The van der Waals surface area contributed by atoms with E-state index in [1.807, 2.05) is 4.90 Å². The van der Waals surface area contributed by atoms with Crippen molar-refractivity contribution in [2.24, 2.45) is 0 Å². The van der Waals surface area contributed by atoms with Crippen molar-refractivity contribution in [3.05, 3.63) is 23.8 Å². The highest BCUT2D eigenvalue weighted by molar-refractivity contribution is 7.89. The van der Waals surface area contributed by atoms with E-state index in [0.717, 1.165) is 25.9 Å². The van der Waals surface area contributed by atoms with E-state index in [9.17, 15) is 13.2 Å². The Kier molecular flexibility index (Phi) is 7.19. The van der Waals surface area contributed by atoms with Crippen LogP contribution in [0.5, 0.6) is 5.75 Å². The van der Waals surface area contributed by atoms with Gasteiger partial charge < -0.3 is 14.5 Å². The third-order valence-corrected chi connectivity index (χ3v) is 8.20. The van der Waals surface area contributed by atoms with Gasteiger partial charge in [-0.25, -0.2) is 8.42 Å². The van der Waals surface area contributed by atoms with Crippen LogP contribution in [0.2, 0.25) is 0 Å². The van der Waals surface area contributed by atoms with Gasteiger partial charge in [-0.05, 0) is 57.0 Å². The van der Waals surface area contributed by atoms with Crippen molar-refractivity contribution in [2.45, 2.75) is 50.5 Å². The molecule has 0 saturated carbocycles. The molecule has 7 nitrogen and oxygen atoms in total. The number of likely N-dealkylation sites (tertiary alicyclic amines) is 2. The van der Waals surface area contributed by atoms with Crippen molar-refractivity contribution >= 4 is 15.9 Å². The van der Waals surface area contributed by atoms with Gasteiger partial charge in [0, 0.05) is 32.2 Å². The van der Waals surface area contributed by atoms with Crippen LogP contribution in [-0.2, 0) is 10.0 Å². The fourth-order valence-corrected chi connectivity index (χ4v) is 5.92. The maximum absolute atomic E-state index is 13.2. The second-order valence-corrected chi connectivity index (χ2v) is 9.66. The summed E-state index contributed by atoms with van der Waals surface area (Å²) in [5, 5.41) is 0. The molecule has 162 valence electrons. The molecule has 0 spiro atoms. The molecular weight excluding hydrogens is 390 g/mol. The lowest BCUT2D eigenvalue weighted by atomic mass is 10.0. The van der Waals surface area contributed by atoms with Gasteiger partial charge in [-0.1, -0.05) is 13.8 Å². The number of methoxy groups -OCH3 is 1. The van der Waals surface area contributed by atoms with Crippen LogP contribution in [0.25, 0.3) is 0 Å². The van der Waals surface area contributed by atoms with Crippen molar-refractivity contribution in [1.29, 1.82) is 0 Å². The number of sulfonamides is 1. The molecule has 0 radical (unpaired) electrons. The van der Waals surface area contributed by atoms with Gasteiger partial charge in [0.15, 0.2) is 0 Å².